The maximum atomic E-state index is 10.9. The second kappa shape index (κ2) is 9.87. The molecule has 0 aliphatic carbocycles. The number of thiophene rings is 1. The van der Waals surface area contributed by atoms with Gasteiger partial charge in [0.1, 0.15) is 28.8 Å². The van der Waals surface area contributed by atoms with Crippen molar-refractivity contribution >= 4 is 27.4 Å². The molecule has 33 heavy (non-hydrogen) atoms. The molecule has 0 radical (unpaired) electrons. The number of piperidine rings is 1. The predicted octanol–water partition coefficient (Wildman–Crippen LogP) is 4.70. The molecule has 2 N–H and O–H groups in total. The lowest BCUT2D eigenvalue weighted by Gasteiger charge is -2.42. The molecule has 0 spiro atoms. The van der Waals surface area contributed by atoms with E-state index < -0.39 is 12.3 Å². The van der Waals surface area contributed by atoms with E-state index in [9.17, 15) is 5.11 Å². The monoisotopic (exact) mass is 460 g/mol. The van der Waals surface area contributed by atoms with Crippen molar-refractivity contribution in [2.45, 2.75) is 38.1 Å². The molecule has 6 nitrogen and oxygen atoms in total. The van der Waals surface area contributed by atoms with E-state index in [0.717, 1.165) is 58.8 Å². The van der Waals surface area contributed by atoms with E-state index in [4.69, 9.17) is 9.72 Å². The van der Waals surface area contributed by atoms with Gasteiger partial charge in [-0.15, -0.1) is 11.3 Å². The molecule has 1 fully saturated rings. The first-order valence-electron chi connectivity index (χ1n) is 11.4. The van der Waals surface area contributed by atoms with Crippen LogP contribution in [0.3, 0.4) is 0 Å². The Labute approximate surface area is 197 Å². The molecule has 0 saturated carbocycles. The van der Waals surface area contributed by atoms with Gasteiger partial charge in [-0.05, 0) is 50.6 Å². The van der Waals surface area contributed by atoms with Crippen LogP contribution < -0.4 is 15.0 Å². The fourth-order valence-electron chi connectivity index (χ4n) is 4.50. The number of anilines is 1. The third-order valence-corrected chi connectivity index (χ3v) is 6.95. The average Bonchev–Trinajstić information content (AvgIpc) is 3.30. The smallest absolute Gasteiger partial charge is 0.199 e. The number of benzene rings is 2. The Morgan fingerprint density at radius 2 is 1.73 bits per heavy atom. The summed E-state index contributed by atoms with van der Waals surface area (Å²) in [5.41, 5.74) is 2.23. The first-order chi connectivity index (χ1) is 16.2. The molecule has 5 rings (SSSR count). The van der Waals surface area contributed by atoms with Crippen molar-refractivity contribution in [3.8, 4) is 16.9 Å². The molecule has 0 bridgehead atoms. The highest BCUT2D eigenvalue weighted by Gasteiger charge is 2.35. The van der Waals surface area contributed by atoms with E-state index in [1.54, 1.807) is 24.6 Å². The number of para-hydroxylation sites is 1. The van der Waals surface area contributed by atoms with Gasteiger partial charge in [-0.1, -0.05) is 48.5 Å². The van der Waals surface area contributed by atoms with Crippen LogP contribution >= 0.6 is 11.3 Å². The fraction of sp³-hybridized carbons (Fsp3) is 0.308. The van der Waals surface area contributed by atoms with Crippen LogP contribution in [0.4, 0.5) is 5.82 Å². The van der Waals surface area contributed by atoms with E-state index in [1.807, 2.05) is 48.5 Å². The highest BCUT2D eigenvalue weighted by atomic mass is 32.1. The van der Waals surface area contributed by atoms with Gasteiger partial charge in [-0.3, -0.25) is 0 Å². The van der Waals surface area contributed by atoms with Gasteiger partial charge in [-0.2, -0.15) is 0 Å². The molecule has 0 amide bonds. The second-order valence-electron chi connectivity index (χ2n) is 8.34. The molecular weight excluding hydrogens is 432 g/mol. The van der Waals surface area contributed by atoms with Crippen LogP contribution in [0.2, 0.25) is 0 Å². The molecule has 2 atom stereocenters. The van der Waals surface area contributed by atoms with Crippen LogP contribution in [0.25, 0.3) is 21.3 Å². The van der Waals surface area contributed by atoms with Gasteiger partial charge in [0, 0.05) is 17.0 Å². The maximum absolute atomic E-state index is 10.9. The molecule has 2 aromatic carbocycles. The van der Waals surface area contributed by atoms with Crippen LogP contribution in [0, 0.1) is 0 Å². The fourth-order valence-corrected chi connectivity index (χ4v) is 5.41. The van der Waals surface area contributed by atoms with Crippen molar-refractivity contribution in [1.82, 2.24) is 15.3 Å². The minimum absolute atomic E-state index is 0.177. The van der Waals surface area contributed by atoms with Gasteiger partial charge in [0.25, 0.3) is 0 Å². The lowest BCUT2D eigenvalue weighted by atomic mass is 10.0. The molecule has 2 aromatic heterocycles. The van der Waals surface area contributed by atoms with Gasteiger partial charge >= 0.3 is 0 Å². The van der Waals surface area contributed by atoms with Crippen LogP contribution in [-0.2, 0) is 0 Å². The number of nitrogens with zero attached hydrogens (tertiary/aromatic N) is 3. The van der Waals surface area contributed by atoms with Crippen molar-refractivity contribution in [3.05, 3.63) is 72.4 Å². The Hall–Kier alpha value is -3.00. The SMILES string of the molecule is CC(O)C(Oc1ccccc1)N(c1ncnc2scc(-c3ccccc3)c12)C1CCNCC1. The minimum Gasteiger partial charge on any atom is -0.468 e. The summed E-state index contributed by atoms with van der Waals surface area (Å²) in [6, 6.07) is 20.2. The third kappa shape index (κ3) is 4.57. The first kappa shape index (κ1) is 21.8. The minimum atomic E-state index is -0.732. The van der Waals surface area contributed by atoms with E-state index in [1.165, 1.54) is 0 Å². The normalized spacial score (nSPS) is 16.4. The van der Waals surface area contributed by atoms with E-state index in [2.05, 4.69) is 32.7 Å². The van der Waals surface area contributed by atoms with Gasteiger partial charge < -0.3 is 20.1 Å². The predicted molar refractivity (Wildman–Crippen MR) is 134 cm³/mol. The van der Waals surface area contributed by atoms with E-state index in [0.29, 0.717) is 0 Å². The number of rotatable bonds is 7. The maximum Gasteiger partial charge on any atom is 0.199 e. The molecular formula is C26H28N4O2S. The third-order valence-electron chi connectivity index (χ3n) is 6.07. The van der Waals surface area contributed by atoms with E-state index >= 15 is 0 Å². The summed E-state index contributed by atoms with van der Waals surface area (Å²) in [7, 11) is 0. The van der Waals surface area contributed by atoms with Crippen molar-refractivity contribution in [1.29, 1.82) is 0 Å². The summed E-state index contributed by atoms with van der Waals surface area (Å²) in [5, 5.41) is 17.5. The van der Waals surface area contributed by atoms with Crippen LogP contribution in [-0.4, -0.2) is 46.5 Å². The zero-order valence-electron chi connectivity index (χ0n) is 18.6. The van der Waals surface area contributed by atoms with Crippen LogP contribution in [0.15, 0.2) is 72.4 Å². The molecule has 1 aliphatic heterocycles. The van der Waals surface area contributed by atoms with Gasteiger partial charge in [0.05, 0.1) is 5.39 Å². The Balaban J connectivity index is 1.66. The quantitative estimate of drug-likeness (QED) is 0.390. The largest absolute Gasteiger partial charge is 0.468 e. The summed E-state index contributed by atoms with van der Waals surface area (Å²) in [6.07, 6.45) is 2.19. The Kier molecular flexibility index (Phi) is 6.53. The molecule has 4 aromatic rings. The van der Waals surface area contributed by atoms with Crippen molar-refractivity contribution in [2.75, 3.05) is 18.0 Å². The Morgan fingerprint density at radius 1 is 1.03 bits per heavy atom. The molecule has 1 aliphatic rings. The topological polar surface area (TPSA) is 70.5 Å². The van der Waals surface area contributed by atoms with Crippen LogP contribution in [0.5, 0.6) is 5.75 Å². The van der Waals surface area contributed by atoms with Crippen LogP contribution in [0.1, 0.15) is 19.8 Å². The lowest BCUT2D eigenvalue weighted by molar-refractivity contribution is 0.0387. The summed E-state index contributed by atoms with van der Waals surface area (Å²) >= 11 is 1.62. The molecule has 1 saturated heterocycles. The number of aliphatic hydroxyl groups is 1. The van der Waals surface area contributed by atoms with Gasteiger partial charge in [0.2, 0.25) is 0 Å². The number of hydrogen-bond donors (Lipinski definition) is 2. The number of nitrogens with one attached hydrogen (secondary N) is 1. The molecule has 2 unspecified atom stereocenters. The Bertz CT molecular complexity index is 1180. The van der Waals surface area contributed by atoms with Gasteiger partial charge in [-0.25, -0.2) is 9.97 Å². The summed E-state index contributed by atoms with van der Waals surface area (Å²) < 4.78 is 6.42. The zero-order chi connectivity index (χ0) is 22.6. The standard InChI is InChI=1S/C26H28N4O2S/c1-18(31)26(32-21-10-6-3-7-11-21)30(20-12-14-27-15-13-20)24-23-22(19-8-4-2-5-9-19)16-33-25(23)29-17-28-24/h2-11,16-18,20,26-27,31H,12-15H2,1H3. The van der Waals surface area contributed by atoms with Crippen molar-refractivity contribution in [2.24, 2.45) is 0 Å². The summed E-state index contributed by atoms with van der Waals surface area (Å²) in [5.74, 6) is 1.54. The molecule has 170 valence electrons. The lowest BCUT2D eigenvalue weighted by Crippen LogP contribution is -2.55. The van der Waals surface area contributed by atoms with Crippen molar-refractivity contribution in [3.63, 3.8) is 0 Å². The number of aliphatic hydroxyl groups excluding tert-OH is 1. The van der Waals surface area contributed by atoms with Crippen molar-refractivity contribution < 1.29 is 9.84 Å². The number of ether oxygens (including phenoxy) is 1. The summed E-state index contributed by atoms with van der Waals surface area (Å²) in [4.78, 5) is 12.5. The van der Waals surface area contributed by atoms with E-state index in [-0.39, 0.29) is 6.04 Å². The number of hydrogen-bond acceptors (Lipinski definition) is 7. The average molecular weight is 461 g/mol. The summed E-state index contributed by atoms with van der Waals surface area (Å²) in [6.45, 7) is 3.62. The molecule has 7 heteroatoms. The van der Waals surface area contributed by atoms with Gasteiger partial charge in [0.15, 0.2) is 6.23 Å². The molecule has 3 heterocycles. The Morgan fingerprint density at radius 3 is 2.42 bits per heavy atom. The first-order valence-corrected chi connectivity index (χ1v) is 12.3. The number of aromatic nitrogens is 2. The highest BCUT2D eigenvalue weighted by molar-refractivity contribution is 7.17. The zero-order valence-corrected chi connectivity index (χ0v) is 19.4. The highest BCUT2D eigenvalue weighted by Crippen LogP contribution is 2.40. The number of fused-ring (bicyclic) bond motifs is 1. The second-order valence-corrected chi connectivity index (χ2v) is 9.20.